The normalized spacial score (nSPS) is 31.0. The van der Waals surface area contributed by atoms with E-state index in [4.69, 9.17) is 4.74 Å². The van der Waals surface area contributed by atoms with Gasteiger partial charge in [0.15, 0.2) is 0 Å². The third-order valence-corrected chi connectivity index (χ3v) is 5.16. The molecule has 2 amide bonds. The number of hydrogen-bond donors (Lipinski definition) is 1. The van der Waals surface area contributed by atoms with Crippen LogP contribution < -0.4 is 5.32 Å². The van der Waals surface area contributed by atoms with Crippen molar-refractivity contribution in [2.45, 2.75) is 59.0 Å². The summed E-state index contributed by atoms with van der Waals surface area (Å²) in [5.41, 5.74) is 0.0553. The molecule has 0 aliphatic carbocycles. The van der Waals surface area contributed by atoms with Crippen LogP contribution in [0, 0.1) is 11.3 Å². The Morgan fingerprint density at radius 3 is 2.57 bits per heavy atom. The minimum atomic E-state index is -0.377. The van der Waals surface area contributed by atoms with Crippen LogP contribution in [-0.2, 0) is 14.3 Å². The summed E-state index contributed by atoms with van der Waals surface area (Å²) < 4.78 is 5.42. The summed E-state index contributed by atoms with van der Waals surface area (Å²) in [5, 5.41) is 2.89. The van der Waals surface area contributed by atoms with Crippen molar-refractivity contribution in [3.63, 3.8) is 0 Å². The van der Waals surface area contributed by atoms with Gasteiger partial charge < -0.3 is 15.0 Å². The first-order valence-corrected chi connectivity index (χ1v) is 8.06. The minimum absolute atomic E-state index is 0.0319. The van der Waals surface area contributed by atoms with Gasteiger partial charge in [-0.2, -0.15) is 0 Å². The van der Waals surface area contributed by atoms with Crippen molar-refractivity contribution in [3.05, 3.63) is 0 Å². The zero-order valence-corrected chi connectivity index (χ0v) is 13.6. The number of ether oxygens (including phenoxy) is 1. The van der Waals surface area contributed by atoms with Crippen LogP contribution in [0.25, 0.3) is 0 Å². The maximum Gasteiger partial charge on any atom is 0.246 e. The van der Waals surface area contributed by atoms with E-state index in [-0.39, 0.29) is 35.2 Å². The molecule has 0 spiro atoms. The van der Waals surface area contributed by atoms with E-state index in [1.807, 2.05) is 20.8 Å². The van der Waals surface area contributed by atoms with E-state index in [1.165, 1.54) is 0 Å². The molecule has 2 heterocycles. The summed E-state index contributed by atoms with van der Waals surface area (Å²) in [6.45, 7) is 10.2. The van der Waals surface area contributed by atoms with Crippen LogP contribution in [0.4, 0.5) is 0 Å². The number of amides is 2. The van der Waals surface area contributed by atoms with E-state index < -0.39 is 0 Å². The lowest BCUT2D eigenvalue weighted by Crippen LogP contribution is -2.65. The fourth-order valence-electron chi connectivity index (χ4n) is 3.12. The number of carbonyl (C=O) groups is 2. The van der Waals surface area contributed by atoms with Crippen molar-refractivity contribution in [2.24, 2.45) is 11.3 Å². The van der Waals surface area contributed by atoms with Gasteiger partial charge in [-0.15, -0.1) is 0 Å². The predicted molar refractivity (Wildman–Crippen MR) is 80.7 cm³/mol. The molecule has 5 heteroatoms. The topological polar surface area (TPSA) is 58.6 Å². The minimum Gasteiger partial charge on any atom is -0.381 e. The largest absolute Gasteiger partial charge is 0.381 e. The standard InChI is InChI=1S/C16H28N2O3/c1-5-11(2)13-15(20)18(12(3)14(19)17-13)10-16(4)6-8-21-9-7-16/h11-13H,5-10H2,1-4H3,(H,17,19). The quantitative estimate of drug-likeness (QED) is 0.856. The molecule has 2 aliphatic rings. The van der Waals surface area contributed by atoms with Crippen molar-refractivity contribution >= 4 is 11.8 Å². The van der Waals surface area contributed by atoms with Gasteiger partial charge in [0.05, 0.1) is 0 Å². The van der Waals surface area contributed by atoms with Gasteiger partial charge >= 0.3 is 0 Å². The number of rotatable bonds is 4. The number of hydrogen-bond acceptors (Lipinski definition) is 3. The maximum atomic E-state index is 12.8. The molecule has 2 saturated heterocycles. The molecule has 2 rings (SSSR count). The van der Waals surface area contributed by atoms with Gasteiger partial charge in [0.25, 0.3) is 0 Å². The van der Waals surface area contributed by atoms with Crippen LogP contribution in [0.15, 0.2) is 0 Å². The van der Waals surface area contributed by atoms with Gasteiger partial charge in [0.2, 0.25) is 11.8 Å². The van der Waals surface area contributed by atoms with Crippen molar-refractivity contribution in [1.82, 2.24) is 10.2 Å². The zero-order valence-electron chi connectivity index (χ0n) is 13.6. The summed E-state index contributed by atoms with van der Waals surface area (Å²) in [6.07, 6.45) is 2.77. The van der Waals surface area contributed by atoms with Gasteiger partial charge in [0.1, 0.15) is 12.1 Å². The summed E-state index contributed by atoms with van der Waals surface area (Å²) in [6, 6.07) is -0.750. The summed E-state index contributed by atoms with van der Waals surface area (Å²) in [5.74, 6) is 0.207. The Labute approximate surface area is 127 Å². The average Bonchev–Trinajstić information content (AvgIpc) is 2.47. The molecule has 2 fully saturated rings. The number of piperazine rings is 1. The lowest BCUT2D eigenvalue weighted by molar-refractivity contribution is -0.152. The third-order valence-electron chi connectivity index (χ3n) is 5.16. The predicted octanol–water partition coefficient (Wildman–Crippen LogP) is 1.56. The second kappa shape index (κ2) is 6.34. The van der Waals surface area contributed by atoms with Gasteiger partial charge in [-0.25, -0.2) is 0 Å². The SMILES string of the molecule is CCC(C)C1NC(=O)C(C)N(CC2(C)CCOCC2)C1=O. The molecule has 0 aromatic carbocycles. The first kappa shape index (κ1) is 16.3. The number of nitrogens with one attached hydrogen (secondary N) is 1. The first-order valence-electron chi connectivity index (χ1n) is 8.06. The monoisotopic (exact) mass is 296 g/mol. The zero-order chi connectivity index (χ0) is 15.6. The molecular weight excluding hydrogens is 268 g/mol. The highest BCUT2D eigenvalue weighted by atomic mass is 16.5. The third kappa shape index (κ3) is 3.39. The average molecular weight is 296 g/mol. The lowest BCUT2D eigenvalue weighted by atomic mass is 9.81. The molecule has 0 aromatic rings. The van der Waals surface area contributed by atoms with E-state index in [9.17, 15) is 9.59 Å². The molecule has 3 unspecified atom stereocenters. The van der Waals surface area contributed by atoms with E-state index >= 15 is 0 Å². The van der Waals surface area contributed by atoms with Gasteiger partial charge in [-0.05, 0) is 31.1 Å². The van der Waals surface area contributed by atoms with Gasteiger partial charge in [-0.3, -0.25) is 9.59 Å². The molecule has 0 saturated carbocycles. The molecular formula is C16H28N2O3. The Morgan fingerprint density at radius 1 is 1.38 bits per heavy atom. The molecule has 2 aliphatic heterocycles. The smallest absolute Gasteiger partial charge is 0.246 e. The van der Waals surface area contributed by atoms with E-state index in [1.54, 1.807) is 4.90 Å². The lowest BCUT2D eigenvalue weighted by Gasteiger charge is -2.44. The fraction of sp³-hybridized carbons (Fsp3) is 0.875. The van der Waals surface area contributed by atoms with Crippen LogP contribution in [0.3, 0.4) is 0 Å². The first-order chi connectivity index (χ1) is 9.88. The van der Waals surface area contributed by atoms with Crippen LogP contribution in [0.5, 0.6) is 0 Å². The Morgan fingerprint density at radius 2 is 2.00 bits per heavy atom. The molecule has 120 valence electrons. The highest BCUT2D eigenvalue weighted by Crippen LogP contribution is 2.32. The molecule has 5 nitrogen and oxygen atoms in total. The molecule has 0 radical (unpaired) electrons. The Bertz CT molecular complexity index is 404. The second-order valence-electron chi connectivity index (χ2n) is 6.94. The number of nitrogens with zero attached hydrogens (tertiary/aromatic N) is 1. The second-order valence-corrected chi connectivity index (χ2v) is 6.94. The highest BCUT2D eigenvalue weighted by molar-refractivity contribution is 5.96. The van der Waals surface area contributed by atoms with E-state index in [0.29, 0.717) is 6.54 Å². The van der Waals surface area contributed by atoms with Gasteiger partial charge in [-0.1, -0.05) is 27.2 Å². The fourth-order valence-corrected chi connectivity index (χ4v) is 3.12. The Kier molecular flexibility index (Phi) is 4.91. The van der Waals surface area contributed by atoms with Crippen LogP contribution in [0.2, 0.25) is 0 Å². The molecule has 1 N–H and O–H groups in total. The van der Waals surface area contributed by atoms with Gasteiger partial charge in [0, 0.05) is 19.8 Å². The molecule has 21 heavy (non-hydrogen) atoms. The van der Waals surface area contributed by atoms with Crippen molar-refractivity contribution in [3.8, 4) is 0 Å². The number of carbonyl (C=O) groups excluding carboxylic acids is 2. The highest BCUT2D eigenvalue weighted by Gasteiger charge is 2.43. The van der Waals surface area contributed by atoms with Crippen molar-refractivity contribution in [1.29, 1.82) is 0 Å². The van der Waals surface area contributed by atoms with Crippen molar-refractivity contribution < 1.29 is 14.3 Å². The molecule has 0 aromatic heterocycles. The molecule has 3 atom stereocenters. The van der Waals surface area contributed by atoms with E-state index in [0.717, 1.165) is 32.5 Å². The van der Waals surface area contributed by atoms with Crippen LogP contribution in [-0.4, -0.2) is 48.6 Å². The van der Waals surface area contributed by atoms with E-state index in [2.05, 4.69) is 12.2 Å². The summed E-state index contributed by atoms with van der Waals surface area (Å²) in [4.78, 5) is 26.8. The summed E-state index contributed by atoms with van der Waals surface area (Å²) >= 11 is 0. The Balaban J connectivity index is 2.14. The van der Waals surface area contributed by atoms with Crippen LogP contribution in [0.1, 0.15) is 47.0 Å². The maximum absolute atomic E-state index is 12.8. The van der Waals surface area contributed by atoms with Crippen LogP contribution >= 0.6 is 0 Å². The molecule has 0 bridgehead atoms. The summed E-state index contributed by atoms with van der Waals surface area (Å²) in [7, 11) is 0. The Hall–Kier alpha value is -1.10. The van der Waals surface area contributed by atoms with Crippen molar-refractivity contribution in [2.75, 3.05) is 19.8 Å².